The van der Waals surface area contributed by atoms with Crippen LogP contribution in [0.2, 0.25) is 5.02 Å². The summed E-state index contributed by atoms with van der Waals surface area (Å²) in [6, 6.07) is 7.23. The summed E-state index contributed by atoms with van der Waals surface area (Å²) in [6.07, 6.45) is 1.39. The Bertz CT molecular complexity index is 483. The molecule has 0 radical (unpaired) electrons. The number of benzene rings is 1. The Balaban J connectivity index is 2.69. The fourth-order valence-corrected chi connectivity index (χ4v) is 1.62. The third kappa shape index (κ3) is 4.22. The van der Waals surface area contributed by atoms with Crippen molar-refractivity contribution in [3.05, 3.63) is 40.9 Å². The molecule has 0 bridgehead atoms. The Labute approximate surface area is 111 Å². The lowest BCUT2D eigenvalue weighted by Crippen LogP contribution is -2.28. The summed E-state index contributed by atoms with van der Waals surface area (Å²) in [6.45, 7) is 1.63. The molecule has 1 rings (SSSR count). The zero-order chi connectivity index (χ0) is 13.5. The minimum absolute atomic E-state index is 0.151. The quantitative estimate of drug-likeness (QED) is 0.671. The largest absolute Gasteiger partial charge is 0.468 e. The smallest absolute Gasteiger partial charge is 0.325 e. The van der Waals surface area contributed by atoms with E-state index < -0.39 is 5.97 Å². The fraction of sp³-hybridized carbons (Fsp3) is 0.231. The molecule has 0 atom stereocenters. The van der Waals surface area contributed by atoms with Crippen LogP contribution in [0.3, 0.4) is 0 Å². The summed E-state index contributed by atoms with van der Waals surface area (Å²) in [5.74, 6) is -0.857. The highest BCUT2D eigenvalue weighted by Crippen LogP contribution is 2.22. The Morgan fingerprint density at radius 3 is 2.67 bits per heavy atom. The molecular weight excluding hydrogens is 254 g/mol. The van der Waals surface area contributed by atoms with E-state index in [-0.39, 0.29) is 12.5 Å². The molecule has 96 valence electrons. The number of carbonyl (C=O) groups is 2. The lowest BCUT2D eigenvalue weighted by Gasteiger charge is -2.05. The van der Waals surface area contributed by atoms with Gasteiger partial charge in [-0.1, -0.05) is 29.8 Å². The molecule has 0 aromatic heterocycles. The maximum absolute atomic E-state index is 11.5. The number of amides is 1. The molecule has 0 heterocycles. The number of methoxy groups -OCH3 is 1. The van der Waals surface area contributed by atoms with Crippen molar-refractivity contribution in [2.24, 2.45) is 0 Å². The van der Waals surface area contributed by atoms with Gasteiger partial charge < -0.3 is 10.1 Å². The van der Waals surface area contributed by atoms with Crippen LogP contribution in [0.5, 0.6) is 0 Å². The van der Waals surface area contributed by atoms with E-state index in [1.165, 1.54) is 13.2 Å². The van der Waals surface area contributed by atoms with Gasteiger partial charge in [-0.15, -0.1) is 0 Å². The normalized spacial score (nSPS) is 10.9. The average Bonchev–Trinajstić information content (AvgIpc) is 2.36. The summed E-state index contributed by atoms with van der Waals surface area (Å²) in [7, 11) is 1.26. The third-order valence-corrected chi connectivity index (χ3v) is 2.61. The maximum Gasteiger partial charge on any atom is 0.325 e. The van der Waals surface area contributed by atoms with Crippen LogP contribution in [0.4, 0.5) is 0 Å². The molecule has 1 N–H and O–H groups in total. The minimum Gasteiger partial charge on any atom is -0.468 e. The van der Waals surface area contributed by atoms with Gasteiger partial charge in [0.25, 0.3) is 0 Å². The van der Waals surface area contributed by atoms with Crippen molar-refractivity contribution >= 4 is 29.1 Å². The van der Waals surface area contributed by atoms with E-state index in [9.17, 15) is 9.59 Å². The SMILES string of the molecule is COC(=O)CNC(=O)/C=C(\C)c1ccccc1Cl. The van der Waals surface area contributed by atoms with E-state index in [1.807, 2.05) is 18.2 Å². The zero-order valence-electron chi connectivity index (χ0n) is 10.2. The van der Waals surface area contributed by atoms with E-state index in [1.54, 1.807) is 13.0 Å². The molecule has 0 fully saturated rings. The highest BCUT2D eigenvalue weighted by molar-refractivity contribution is 6.32. The van der Waals surface area contributed by atoms with E-state index in [0.717, 1.165) is 11.1 Å². The van der Waals surface area contributed by atoms with Gasteiger partial charge in [-0.3, -0.25) is 9.59 Å². The third-order valence-electron chi connectivity index (χ3n) is 2.28. The first-order chi connectivity index (χ1) is 8.54. The van der Waals surface area contributed by atoms with Crippen LogP contribution in [0.15, 0.2) is 30.3 Å². The Hall–Kier alpha value is -1.81. The molecule has 1 aromatic rings. The molecule has 18 heavy (non-hydrogen) atoms. The molecule has 4 nitrogen and oxygen atoms in total. The van der Waals surface area contributed by atoms with Gasteiger partial charge >= 0.3 is 5.97 Å². The van der Waals surface area contributed by atoms with E-state index in [4.69, 9.17) is 11.6 Å². The van der Waals surface area contributed by atoms with Gasteiger partial charge in [0.2, 0.25) is 5.91 Å². The number of esters is 1. The van der Waals surface area contributed by atoms with E-state index >= 15 is 0 Å². The maximum atomic E-state index is 11.5. The van der Waals surface area contributed by atoms with Crippen LogP contribution in [0, 0.1) is 0 Å². The van der Waals surface area contributed by atoms with Crippen LogP contribution in [-0.2, 0) is 14.3 Å². The summed E-state index contributed by atoms with van der Waals surface area (Å²) in [5.41, 5.74) is 1.51. The Kier molecular flexibility index (Phi) is 5.39. The summed E-state index contributed by atoms with van der Waals surface area (Å²) < 4.78 is 4.41. The molecule has 1 amide bonds. The first-order valence-electron chi connectivity index (χ1n) is 5.32. The summed E-state index contributed by atoms with van der Waals surface area (Å²) in [4.78, 5) is 22.4. The molecule has 0 aliphatic carbocycles. The lowest BCUT2D eigenvalue weighted by atomic mass is 10.1. The van der Waals surface area contributed by atoms with Crippen molar-refractivity contribution in [3.63, 3.8) is 0 Å². The number of allylic oxidation sites excluding steroid dienone is 1. The monoisotopic (exact) mass is 267 g/mol. The van der Waals surface area contributed by atoms with Gasteiger partial charge in [0.1, 0.15) is 6.54 Å². The van der Waals surface area contributed by atoms with Crippen LogP contribution >= 0.6 is 11.6 Å². The fourth-order valence-electron chi connectivity index (χ4n) is 1.34. The van der Waals surface area contributed by atoms with Crippen LogP contribution < -0.4 is 5.32 Å². The van der Waals surface area contributed by atoms with Gasteiger partial charge in [-0.2, -0.15) is 0 Å². The molecule has 0 saturated carbocycles. The molecule has 5 heteroatoms. The van der Waals surface area contributed by atoms with Crippen molar-refractivity contribution < 1.29 is 14.3 Å². The van der Waals surface area contributed by atoms with E-state index in [2.05, 4.69) is 10.1 Å². The van der Waals surface area contributed by atoms with Crippen LogP contribution in [0.25, 0.3) is 5.57 Å². The van der Waals surface area contributed by atoms with Crippen molar-refractivity contribution in [1.29, 1.82) is 0 Å². The summed E-state index contributed by atoms with van der Waals surface area (Å²) >= 11 is 6.01. The number of ether oxygens (including phenoxy) is 1. The standard InChI is InChI=1S/C13H14ClNO3/c1-9(10-5-3-4-6-11(10)14)7-12(16)15-8-13(17)18-2/h3-7H,8H2,1-2H3,(H,15,16)/b9-7+. The number of hydrogen-bond acceptors (Lipinski definition) is 3. The molecule has 0 unspecified atom stereocenters. The molecule has 0 saturated heterocycles. The molecule has 1 aromatic carbocycles. The molecule has 0 aliphatic rings. The van der Waals surface area contributed by atoms with E-state index in [0.29, 0.717) is 5.02 Å². The zero-order valence-corrected chi connectivity index (χ0v) is 11.0. The first kappa shape index (κ1) is 14.3. The molecular formula is C13H14ClNO3. The molecule has 0 spiro atoms. The van der Waals surface area contributed by atoms with Crippen LogP contribution in [-0.4, -0.2) is 25.5 Å². The van der Waals surface area contributed by atoms with Gasteiger partial charge in [0, 0.05) is 11.1 Å². The Morgan fingerprint density at radius 2 is 2.06 bits per heavy atom. The highest BCUT2D eigenvalue weighted by Gasteiger charge is 2.05. The molecule has 0 aliphatic heterocycles. The lowest BCUT2D eigenvalue weighted by molar-refractivity contribution is -0.140. The second-order valence-corrected chi connectivity index (χ2v) is 4.01. The predicted octanol–water partition coefficient (Wildman–Crippen LogP) is 2.03. The number of nitrogens with one attached hydrogen (secondary N) is 1. The minimum atomic E-state index is -0.493. The second kappa shape index (κ2) is 6.81. The van der Waals surface area contributed by atoms with Gasteiger partial charge in [0.05, 0.1) is 7.11 Å². The Morgan fingerprint density at radius 1 is 1.39 bits per heavy atom. The van der Waals surface area contributed by atoms with Crippen LogP contribution in [0.1, 0.15) is 12.5 Å². The van der Waals surface area contributed by atoms with Crippen molar-refractivity contribution in [2.45, 2.75) is 6.92 Å². The van der Waals surface area contributed by atoms with Gasteiger partial charge in [0.15, 0.2) is 0 Å². The van der Waals surface area contributed by atoms with Gasteiger partial charge in [-0.25, -0.2) is 0 Å². The predicted molar refractivity (Wildman–Crippen MR) is 70.1 cm³/mol. The first-order valence-corrected chi connectivity index (χ1v) is 5.70. The van der Waals surface area contributed by atoms with Crippen molar-refractivity contribution in [3.8, 4) is 0 Å². The number of rotatable bonds is 4. The topological polar surface area (TPSA) is 55.4 Å². The number of carbonyl (C=O) groups excluding carboxylic acids is 2. The number of hydrogen-bond donors (Lipinski definition) is 1. The average molecular weight is 268 g/mol. The van der Waals surface area contributed by atoms with Crippen molar-refractivity contribution in [2.75, 3.05) is 13.7 Å². The second-order valence-electron chi connectivity index (χ2n) is 3.60. The highest BCUT2D eigenvalue weighted by atomic mass is 35.5. The van der Waals surface area contributed by atoms with Gasteiger partial charge in [-0.05, 0) is 24.1 Å². The summed E-state index contributed by atoms with van der Waals surface area (Å²) in [5, 5.41) is 3.00. The van der Waals surface area contributed by atoms with Crippen molar-refractivity contribution in [1.82, 2.24) is 5.32 Å². The number of halogens is 1.